The highest BCUT2D eigenvalue weighted by molar-refractivity contribution is 5.82. The molecule has 1 saturated carbocycles. The van der Waals surface area contributed by atoms with Gasteiger partial charge in [0.2, 0.25) is 0 Å². The van der Waals surface area contributed by atoms with Gasteiger partial charge < -0.3 is 0 Å². The Kier molecular flexibility index (Phi) is 4.78. The van der Waals surface area contributed by atoms with Crippen molar-refractivity contribution in [2.45, 2.75) is 65.3 Å². The SMILES string of the molecule is CCC(C)n1ccc(CC(=O)C2CCCC(C)C2)n1. The third-order valence-electron chi connectivity index (χ3n) is 4.45. The molecular formula is C16H26N2O. The second-order valence-corrected chi connectivity index (χ2v) is 6.16. The average molecular weight is 262 g/mol. The number of nitrogens with zero attached hydrogens (tertiary/aromatic N) is 2. The molecule has 3 nitrogen and oxygen atoms in total. The first kappa shape index (κ1) is 14.3. The standard InChI is InChI=1S/C16H26N2O/c1-4-13(3)18-9-8-15(17-18)11-16(19)14-7-5-6-12(2)10-14/h8-9,12-14H,4-7,10-11H2,1-3H3. The van der Waals surface area contributed by atoms with Gasteiger partial charge in [0, 0.05) is 18.2 Å². The zero-order valence-electron chi connectivity index (χ0n) is 12.4. The summed E-state index contributed by atoms with van der Waals surface area (Å²) in [6.45, 7) is 6.57. The number of Topliss-reactive ketones (excluding diaryl/α,β-unsaturated/α-hetero) is 1. The summed E-state index contributed by atoms with van der Waals surface area (Å²) < 4.78 is 1.98. The Balaban J connectivity index is 1.93. The fourth-order valence-electron chi connectivity index (χ4n) is 2.95. The van der Waals surface area contributed by atoms with E-state index in [0.717, 1.165) is 25.0 Å². The maximum absolute atomic E-state index is 12.3. The van der Waals surface area contributed by atoms with E-state index in [1.54, 1.807) is 0 Å². The summed E-state index contributed by atoms with van der Waals surface area (Å²) in [5, 5.41) is 4.53. The maximum Gasteiger partial charge on any atom is 0.141 e. The van der Waals surface area contributed by atoms with Crippen LogP contribution in [0, 0.1) is 11.8 Å². The Morgan fingerprint density at radius 2 is 2.32 bits per heavy atom. The first-order valence-electron chi connectivity index (χ1n) is 7.66. The van der Waals surface area contributed by atoms with E-state index in [2.05, 4.69) is 25.9 Å². The van der Waals surface area contributed by atoms with Gasteiger partial charge in [-0.2, -0.15) is 5.10 Å². The van der Waals surface area contributed by atoms with Crippen molar-refractivity contribution in [1.82, 2.24) is 9.78 Å². The van der Waals surface area contributed by atoms with E-state index < -0.39 is 0 Å². The van der Waals surface area contributed by atoms with Crippen LogP contribution in [0.25, 0.3) is 0 Å². The van der Waals surface area contributed by atoms with Crippen molar-refractivity contribution in [2.75, 3.05) is 0 Å². The Morgan fingerprint density at radius 1 is 1.53 bits per heavy atom. The predicted molar refractivity (Wildman–Crippen MR) is 77.1 cm³/mol. The summed E-state index contributed by atoms with van der Waals surface area (Å²) in [5.41, 5.74) is 0.934. The minimum absolute atomic E-state index is 0.275. The van der Waals surface area contributed by atoms with E-state index in [1.165, 1.54) is 12.8 Å². The predicted octanol–water partition coefficient (Wildman–Crippen LogP) is 3.79. The van der Waals surface area contributed by atoms with Gasteiger partial charge in [-0.15, -0.1) is 0 Å². The normalized spacial score (nSPS) is 25.2. The molecule has 0 bridgehead atoms. The van der Waals surface area contributed by atoms with Crippen LogP contribution in [0.15, 0.2) is 12.3 Å². The van der Waals surface area contributed by atoms with E-state index >= 15 is 0 Å². The van der Waals surface area contributed by atoms with E-state index in [0.29, 0.717) is 24.2 Å². The van der Waals surface area contributed by atoms with Gasteiger partial charge in [0.05, 0.1) is 12.1 Å². The zero-order valence-corrected chi connectivity index (χ0v) is 12.4. The average Bonchev–Trinajstić information content (AvgIpc) is 2.86. The highest BCUT2D eigenvalue weighted by Gasteiger charge is 2.25. The summed E-state index contributed by atoms with van der Waals surface area (Å²) in [5.74, 6) is 1.37. The monoisotopic (exact) mass is 262 g/mol. The molecule has 3 unspecified atom stereocenters. The van der Waals surface area contributed by atoms with E-state index in [-0.39, 0.29) is 5.92 Å². The fourth-order valence-corrected chi connectivity index (χ4v) is 2.95. The second-order valence-electron chi connectivity index (χ2n) is 6.16. The van der Waals surface area contributed by atoms with Gasteiger partial charge in [0.25, 0.3) is 0 Å². The topological polar surface area (TPSA) is 34.9 Å². The summed E-state index contributed by atoms with van der Waals surface area (Å²) in [6, 6.07) is 2.41. The van der Waals surface area contributed by atoms with Crippen LogP contribution in [0.2, 0.25) is 0 Å². The number of hydrogen-bond donors (Lipinski definition) is 0. The number of hydrogen-bond acceptors (Lipinski definition) is 2. The van der Waals surface area contributed by atoms with Crippen LogP contribution in [-0.4, -0.2) is 15.6 Å². The molecule has 3 heteroatoms. The summed E-state index contributed by atoms with van der Waals surface area (Å²) in [4.78, 5) is 12.3. The van der Waals surface area contributed by atoms with Crippen molar-refractivity contribution in [3.8, 4) is 0 Å². The summed E-state index contributed by atoms with van der Waals surface area (Å²) in [6.07, 6.45) is 8.22. The molecule has 0 radical (unpaired) electrons. The lowest BCUT2D eigenvalue weighted by Crippen LogP contribution is -2.23. The minimum Gasteiger partial charge on any atom is -0.299 e. The minimum atomic E-state index is 0.275. The third kappa shape index (κ3) is 3.68. The number of rotatable bonds is 5. The Bertz CT molecular complexity index is 424. The van der Waals surface area contributed by atoms with Crippen LogP contribution in [0.5, 0.6) is 0 Å². The molecule has 0 aliphatic heterocycles. The van der Waals surface area contributed by atoms with Crippen molar-refractivity contribution in [3.63, 3.8) is 0 Å². The first-order chi connectivity index (χ1) is 9.10. The molecule has 0 amide bonds. The number of carbonyl (C=O) groups excluding carboxylic acids is 1. The third-order valence-corrected chi connectivity index (χ3v) is 4.45. The highest BCUT2D eigenvalue weighted by atomic mass is 16.1. The molecule has 1 aliphatic carbocycles. The van der Waals surface area contributed by atoms with Crippen molar-refractivity contribution in [3.05, 3.63) is 18.0 Å². The van der Waals surface area contributed by atoms with Gasteiger partial charge in [-0.25, -0.2) is 0 Å². The Labute approximate surface area is 116 Å². The van der Waals surface area contributed by atoms with Crippen molar-refractivity contribution >= 4 is 5.78 Å². The van der Waals surface area contributed by atoms with Gasteiger partial charge in [-0.05, 0) is 38.2 Å². The van der Waals surface area contributed by atoms with Crippen molar-refractivity contribution < 1.29 is 4.79 Å². The van der Waals surface area contributed by atoms with Crippen LogP contribution in [-0.2, 0) is 11.2 Å². The molecule has 1 fully saturated rings. The molecule has 1 aromatic rings. The molecule has 0 aromatic carbocycles. The smallest absolute Gasteiger partial charge is 0.141 e. The van der Waals surface area contributed by atoms with Gasteiger partial charge in [-0.1, -0.05) is 26.7 Å². The molecule has 0 N–H and O–H groups in total. The van der Waals surface area contributed by atoms with Gasteiger partial charge >= 0.3 is 0 Å². The maximum atomic E-state index is 12.3. The lowest BCUT2D eigenvalue weighted by molar-refractivity contribution is -0.123. The Morgan fingerprint density at radius 3 is 3.00 bits per heavy atom. The van der Waals surface area contributed by atoms with Crippen LogP contribution in [0.3, 0.4) is 0 Å². The largest absolute Gasteiger partial charge is 0.299 e. The lowest BCUT2D eigenvalue weighted by atomic mass is 9.79. The summed E-state index contributed by atoms with van der Waals surface area (Å²) >= 11 is 0. The summed E-state index contributed by atoms with van der Waals surface area (Å²) in [7, 11) is 0. The molecule has 0 spiro atoms. The zero-order chi connectivity index (χ0) is 13.8. The molecule has 1 aromatic heterocycles. The molecule has 0 saturated heterocycles. The van der Waals surface area contributed by atoms with Crippen molar-refractivity contribution in [1.29, 1.82) is 0 Å². The number of ketones is 1. The lowest BCUT2D eigenvalue weighted by Gasteiger charge is -2.25. The van der Waals surface area contributed by atoms with Gasteiger partial charge in [0.1, 0.15) is 5.78 Å². The van der Waals surface area contributed by atoms with Crippen LogP contribution >= 0.6 is 0 Å². The number of aromatic nitrogens is 2. The molecule has 1 aliphatic rings. The molecule has 106 valence electrons. The van der Waals surface area contributed by atoms with Crippen LogP contribution in [0.1, 0.15) is 64.6 Å². The molecular weight excluding hydrogens is 236 g/mol. The van der Waals surface area contributed by atoms with E-state index in [9.17, 15) is 4.79 Å². The quantitative estimate of drug-likeness (QED) is 0.809. The molecule has 3 atom stereocenters. The van der Waals surface area contributed by atoms with E-state index in [1.807, 2.05) is 16.9 Å². The Hall–Kier alpha value is -1.12. The van der Waals surface area contributed by atoms with E-state index in [4.69, 9.17) is 0 Å². The van der Waals surface area contributed by atoms with Crippen LogP contribution < -0.4 is 0 Å². The van der Waals surface area contributed by atoms with Crippen LogP contribution in [0.4, 0.5) is 0 Å². The molecule has 19 heavy (non-hydrogen) atoms. The van der Waals surface area contributed by atoms with Gasteiger partial charge in [0.15, 0.2) is 0 Å². The fraction of sp³-hybridized carbons (Fsp3) is 0.750. The first-order valence-corrected chi connectivity index (χ1v) is 7.66. The van der Waals surface area contributed by atoms with Gasteiger partial charge in [-0.3, -0.25) is 9.48 Å². The second kappa shape index (κ2) is 6.36. The van der Waals surface area contributed by atoms with Crippen molar-refractivity contribution in [2.24, 2.45) is 11.8 Å². The molecule has 2 rings (SSSR count). The highest BCUT2D eigenvalue weighted by Crippen LogP contribution is 2.29. The molecule has 1 heterocycles. The number of carbonyl (C=O) groups is 1.